The van der Waals surface area contributed by atoms with Gasteiger partial charge in [-0.15, -0.1) is 11.3 Å². The van der Waals surface area contributed by atoms with Crippen molar-refractivity contribution in [2.45, 2.75) is 6.04 Å². The summed E-state index contributed by atoms with van der Waals surface area (Å²) in [6.45, 7) is 4.12. The SMILES string of the molecule is Nc1c(Br)cc(Br)cc1[C@@H](c1cccs1)N1CCNCC1. The molecule has 1 aromatic carbocycles. The van der Waals surface area contributed by atoms with E-state index in [9.17, 15) is 0 Å². The summed E-state index contributed by atoms with van der Waals surface area (Å²) in [5, 5.41) is 5.55. The number of piperazine rings is 1. The fourth-order valence-corrected chi connectivity index (χ4v) is 4.88. The number of benzene rings is 1. The molecule has 0 radical (unpaired) electrons. The van der Waals surface area contributed by atoms with Gasteiger partial charge in [-0.1, -0.05) is 22.0 Å². The summed E-state index contributed by atoms with van der Waals surface area (Å²) in [4.78, 5) is 3.85. The van der Waals surface area contributed by atoms with Crippen molar-refractivity contribution in [1.29, 1.82) is 0 Å². The molecule has 21 heavy (non-hydrogen) atoms. The van der Waals surface area contributed by atoms with Gasteiger partial charge in [0.25, 0.3) is 0 Å². The van der Waals surface area contributed by atoms with Crippen molar-refractivity contribution in [3.8, 4) is 0 Å². The average Bonchev–Trinajstić information content (AvgIpc) is 2.99. The monoisotopic (exact) mass is 429 g/mol. The Kier molecular flexibility index (Phi) is 5.01. The number of hydrogen-bond acceptors (Lipinski definition) is 4. The van der Waals surface area contributed by atoms with Crippen LogP contribution in [0, 0.1) is 0 Å². The maximum atomic E-state index is 6.36. The van der Waals surface area contributed by atoms with E-state index in [2.05, 4.69) is 65.7 Å². The fraction of sp³-hybridized carbons (Fsp3) is 0.333. The van der Waals surface area contributed by atoms with Gasteiger partial charge in [0.2, 0.25) is 0 Å². The highest BCUT2D eigenvalue weighted by molar-refractivity contribution is 9.11. The number of nitrogens with one attached hydrogen (secondary N) is 1. The molecule has 1 saturated heterocycles. The van der Waals surface area contributed by atoms with Gasteiger partial charge in [-0.25, -0.2) is 0 Å². The van der Waals surface area contributed by atoms with Crippen LogP contribution in [0.4, 0.5) is 5.69 Å². The summed E-state index contributed by atoms with van der Waals surface area (Å²) in [5.74, 6) is 0. The van der Waals surface area contributed by atoms with E-state index in [1.54, 1.807) is 11.3 Å². The van der Waals surface area contributed by atoms with Gasteiger partial charge in [0, 0.05) is 40.0 Å². The number of anilines is 1. The van der Waals surface area contributed by atoms with E-state index in [0.29, 0.717) is 0 Å². The van der Waals surface area contributed by atoms with Crippen LogP contribution in [0.25, 0.3) is 0 Å². The highest BCUT2D eigenvalue weighted by Gasteiger charge is 2.27. The molecular formula is C15H17Br2N3S. The Morgan fingerprint density at radius 2 is 2.00 bits per heavy atom. The second-order valence-corrected chi connectivity index (χ2v) is 7.84. The quantitative estimate of drug-likeness (QED) is 0.726. The fourth-order valence-electron chi connectivity index (χ4n) is 2.75. The van der Waals surface area contributed by atoms with E-state index in [0.717, 1.165) is 40.8 Å². The first-order valence-electron chi connectivity index (χ1n) is 6.89. The average molecular weight is 431 g/mol. The minimum Gasteiger partial charge on any atom is -0.398 e. The summed E-state index contributed by atoms with van der Waals surface area (Å²) < 4.78 is 2.00. The second-order valence-electron chi connectivity index (χ2n) is 5.09. The predicted octanol–water partition coefficient (Wildman–Crippen LogP) is 3.85. The zero-order valence-electron chi connectivity index (χ0n) is 11.5. The highest BCUT2D eigenvalue weighted by atomic mass is 79.9. The smallest absolute Gasteiger partial charge is 0.0717 e. The van der Waals surface area contributed by atoms with E-state index in [1.807, 2.05) is 6.07 Å². The van der Waals surface area contributed by atoms with Gasteiger partial charge in [0.1, 0.15) is 0 Å². The van der Waals surface area contributed by atoms with Crippen LogP contribution in [0.3, 0.4) is 0 Å². The molecule has 0 bridgehead atoms. The third-order valence-electron chi connectivity index (χ3n) is 3.75. The molecule has 0 spiro atoms. The number of nitrogen functional groups attached to an aromatic ring is 1. The molecule has 112 valence electrons. The third kappa shape index (κ3) is 3.35. The van der Waals surface area contributed by atoms with Crippen molar-refractivity contribution in [3.05, 3.63) is 49.0 Å². The largest absolute Gasteiger partial charge is 0.398 e. The molecule has 1 aliphatic rings. The molecule has 2 aromatic rings. The van der Waals surface area contributed by atoms with E-state index >= 15 is 0 Å². The van der Waals surface area contributed by atoms with Gasteiger partial charge in [0.05, 0.1) is 11.7 Å². The molecule has 1 aromatic heterocycles. The molecule has 3 rings (SSSR count). The Hall–Kier alpha value is -0.400. The number of halogens is 2. The molecular weight excluding hydrogens is 414 g/mol. The van der Waals surface area contributed by atoms with Crippen LogP contribution in [0.5, 0.6) is 0 Å². The molecule has 3 N–H and O–H groups in total. The molecule has 1 atom stereocenters. The number of nitrogens with zero attached hydrogens (tertiary/aromatic N) is 1. The van der Waals surface area contributed by atoms with E-state index < -0.39 is 0 Å². The van der Waals surface area contributed by atoms with Crippen LogP contribution in [0.1, 0.15) is 16.5 Å². The normalized spacial score (nSPS) is 17.8. The molecule has 1 aliphatic heterocycles. The van der Waals surface area contributed by atoms with Gasteiger partial charge in [-0.05, 0) is 45.1 Å². The van der Waals surface area contributed by atoms with E-state index in [-0.39, 0.29) is 6.04 Å². The first-order chi connectivity index (χ1) is 10.2. The lowest BCUT2D eigenvalue weighted by molar-refractivity contribution is 0.201. The lowest BCUT2D eigenvalue weighted by Crippen LogP contribution is -2.45. The lowest BCUT2D eigenvalue weighted by atomic mass is 10.0. The van der Waals surface area contributed by atoms with Crippen molar-refractivity contribution in [3.63, 3.8) is 0 Å². The van der Waals surface area contributed by atoms with Crippen LogP contribution in [0.2, 0.25) is 0 Å². The Labute approximate surface area is 145 Å². The van der Waals surface area contributed by atoms with Crippen LogP contribution < -0.4 is 11.1 Å². The van der Waals surface area contributed by atoms with Crippen molar-refractivity contribution in [1.82, 2.24) is 10.2 Å². The zero-order valence-corrected chi connectivity index (χ0v) is 15.5. The molecule has 2 heterocycles. The summed E-state index contributed by atoms with van der Waals surface area (Å²) in [5.41, 5.74) is 8.36. The Morgan fingerprint density at radius 3 is 2.67 bits per heavy atom. The number of rotatable bonds is 3. The predicted molar refractivity (Wildman–Crippen MR) is 96.9 cm³/mol. The van der Waals surface area contributed by atoms with Gasteiger partial charge < -0.3 is 11.1 Å². The molecule has 0 unspecified atom stereocenters. The zero-order chi connectivity index (χ0) is 14.8. The Morgan fingerprint density at radius 1 is 1.24 bits per heavy atom. The van der Waals surface area contributed by atoms with Crippen LogP contribution in [-0.2, 0) is 0 Å². The molecule has 0 amide bonds. The van der Waals surface area contributed by atoms with E-state index in [1.165, 1.54) is 10.4 Å². The standard InChI is InChI=1S/C15H17Br2N3S/c16-10-8-11(14(18)12(17)9-10)15(13-2-1-7-21-13)20-5-3-19-4-6-20/h1-2,7-9,15,19H,3-6,18H2/t15-/m0/s1. The van der Waals surface area contributed by atoms with Crippen molar-refractivity contribution >= 4 is 48.9 Å². The van der Waals surface area contributed by atoms with Crippen molar-refractivity contribution in [2.75, 3.05) is 31.9 Å². The van der Waals surface area contributed by atoms with Gasteiger partial charge in [-0.3, -0.25) is 4.90 Å². The first-order valence-corrected chi connectivity index (χ1v) is 9.36. The Balaban J connectivity index is 2.07. The number of nitrogens with two attached hydrogens (primary N) is 1. The Bertz CT molecular complexity index is 610. The lowest BCUT2D eigenvalue weighted by Gasteiger charge is -2.35. The molecule has 3 nitrogen and oxygen atoms in total. The number of hydrogen-bond donors (Lipinski definition) is 2. The summed E-state index contributed by atoms with van der Waals surface area (Å²) >= 11 is 8.95. The van der Waals surface area contributed by atoms with E-state index in [4.69, 9.17) is 5.73 Å². The third-order valence-corrected chi connectivity index (χ3v) is 5.79. The van der Waals surface area contributed by atoms with Crippen LogP contribution in [-0.4, -0.2) is 31.1 Å². The second kappa shape index (κ2) is 6.79. The molecule has 1 fully saturated rings. The highest BCUT2D eigenvalue weighted by Crippen LogP contribution is 2.39. The van der Waals surface area contributed by atoms with Crippen molar-refractivity contribution < 1.29 is 0 Å². The topological polar surface area (TPSA) is 41.3 Å². The molecule has 6 heteroatoms. The minimum atomic E-state index is 0.223. The van der Waals surface area contributed by atoms with Gasteiger partial charge in [0.15, 0.2) is 0 Å². The summed E-state index contributed by atoms with van der Waals surface area (Å²) in [6, 6.07) is 8.68. The van der Waals surface area contributed by atoms with Gasteiger partial charge >= 0.3 is 0 Å². The van der Waals surface area contributed by atoms with Crippen molar-refractivity contribution in [2.24, 2.45) is 0 Å². The van der Waals surface area contributed by atoms with Crippen LogP contribution in [0.15, 0.2) is 38.6 Å². The molecule has 0 saturated carbocycles. The minimum absolute atomic E-state index is 0.223. The maximum Gasteiger partial charge on any atom is 0.0717 e. The van der Waals surface area contributed by atoms with Gasteiger partial charge in [-0.2, -0.15) is 0 Å². The van der Waals surface area contributed by atoms with Crippen LogP contribution >= 0.6 is 43.2 Å². The first kappa shape index (κ1) is 15.5. The summed E-state index contributed by atoms with van der Waals surface area (Å²) in [7, 11) is 0. The number of thiophene rings is 1. The maximum absolute atomic E-state index is 6.36. The molecule has 0 aliphatic carbocycles. The summed E-state index contributed by atoms with van der Waals surface area (Å²) in [6.07, 6.45) is 0.